The van der Waals surface area contributed by atoms with E-state index in [9.17, 15) is 14.7 Å². The zero-order valence-electron chi connectivity index (χ0n) is 10.3. The van der Waals surface area contributed by atoms with Crippen molar-refractivity contribution in [1.29, 1.82) is 0 Å². The Morgan fingerprint density at radius 2 is 1.78 bits per heavy atom. The quantitative estimate of drug-likeness (QED) is 0.807. The SMILES string of the molecule is CCC(C)(C(=O)O)c1ccc(OCC(=O)O)cc1. The van der Waals surface area contributed by atoms with Crippen LogP contribution in [0, 0.1) is 0 Å². The van der Waals surface area contributed by atoms with Gasteiger partial charge in [-0.3, -0.25) is 4.79 Å². The van der Waals surface area contributed by atoms with E-state index in [1.165, 1.54) is 0 Å². The molecule has 5 heteroatoms. The van der Waals surface area contributed by atoms with Gasteiger partial charge in [-0.15, -0.1) is 0 Å². The van der Waals surface area contributed by atoms with Crippen LogP contribution in [-0.4, -0.2) is 28.8 Å². The number of carboxylic acids is 2. The van der Waals surface area contributed by atoms with Gasteiger partial charge in [0.1, 0.15) is 5.75 Å². The molecule has 0 aromatic heterocycles. The van der Waals surface area contributed by atoms with Crippen LogP contribution in [0.4, 0.5) is 0 Å². The van der Waals surface area contributed by atoms with Gasteiger partial charge in [0, 0.05) is 0 Å². The van der Waals surface area contributed by atoms with Crippen molar-refractivity contribution >= 4 is 11.9 Å². The number of aliphatic carboxylic acids is 2. The molecule has 0 aliphatic heterocycles. The Kier molecular flexibility index (Phi) is 4.31. The molecule has 5 nitrogen and oxygen atoms in total. The normalized spacial score (nSPS) is 13.7. The summed E-state index contributed by atoms with van der Waals surface area (Å²) in [5.74, 6) is -1.53. The lowest BCUT2D eigenvalue weighted by Gasteiger charge is -2.23. The lowest BCUT2D eigenvalue weighted by molar-refractivity contribution is -0.143. The minimum Gasteiger partial charge on any atom is -0.482 e. The highest BCUT2D eigenvalue weighted by Gasteiger charge is 2.32. The molecule has 0 fully saturated rings. The Morgan fingerprint density at radius 3 is 2.17 bits per heavy atom. The van der Waals surface area contributed by atoms with Gasteiger partial charge in [-0.25, -0.2) is 4.79 Å². The maximum atomic E-state index is 11.2. The second-order valence-corrected chi connectivity index (χ2v) is 4.20. The first-order valence-corrected chi connectivity index (χ1v) is 5.58. The van der Waals surface area contributed by atoms with Crippen LogP contribution in [-0.2, 0) is 15.0 Å². The second kappa shape index (κ2) is 5.53. The summed E-state index contributed by atoms with van der Waals surface area (Å²) >= 11 is 0. The van der Waals surface area contributed by atoms with Gasteiger partial charge in [0.2, 0.25) is 0 Å². The summed E-state index contributed by atoms with van der Waals surface area (Å²) in [7, 11) is 0. The fourth-order valence-electron chi connectivity index (χ4n) is 1.54. The van der Waals surface area contributed by atoms with Gasteiger partial charge in [-0.05, 0) is 31.0 Å². The third-order valence-corrected chi connectivity index (χ3v) is 3.03. The highest BCUT2D eigenvalue weighted by molar-refractivity contribution is 5.80. The predicted molar refractivity (Wildman–Crippen MR) is 64.9 cm³/mol. The number of hydrogen-bond donors (Lipinski definition) is 2. The molecule has 18 heavy (non-hydrogen) atoms. The van der Waals surface area contributed by atoms with Crippen molar-refractivity contribution in [1.82, 2.24) is 0 Å². The van der Waals surface area contributed by atoms with Crippen LogP contribution in [0.25, 0.3) is 0 Å². The Bertz CT molecular complexity index is 437. The summed E-state index contributed by atoms with van der Waals surface area (Å²) in [6.45, 7) is 3.05. The van der Waals surface area contributed by atoms with Crippen molar-refractivity contribution < 1.29 is 24.5 Å². The van der Waals surface area contributed by atoms with Crippen molar-refractivity contribution in [3.8, 4) is 5.75 Å². The fourth-order valence-corrected chi connectivity index (χ4v) is 1.54. The lowest BCUT2D eigenvalue weighted by atomic mass is 9.80. The van der Waals surface area contributed by atoms with Crippen LogP contribution in [0.5, 0.6) is 5.75 Å². The summed E-state index contributed by atoms with van der Waals surface area (Å²) in [5.41, 5.74) is -0.272. The molecule has 0 bridgehead atoms. The maximum absolute atomic E-state index is 11.2. The second-order valence-electron chi connectivity index (χ2n) is 4.20. The van der Waals surface area contributed by atoms with E-state index in [1.54, 1.807) is 31.2 Å². The van der Waals surface area contributed by atoms with E-state index in [1.807, 2.05) is 6.92 Å². The highest BCUT2D eigenvalue weighted by Crippen LogP contribution is 2.29. The molecule has 0 aliphatic rings. The number of hydrogen-bond acceptors (Lipinski definition) is 3. The number of benzene rings is 1. The summed E-state index contributed by atoms with van der Waals surface area (Å²) in [6.07, 6.45) is 0.470. The molecular formula is C13H16O5. The van der Waals surface area contributed by atoms with E-state index in [4.69, 9.17) is 9.84 Å². The largest absolute Gasteiger partial charge is 0.482 e. The first-order chi connectivity index (χ1) is 8.40. The zero-order chi connectivity index (χ0) is 13.8. The van der Waals surface area contributed by atoms with Gasteiger partial charge in [-0.2, -0.15) is 0 Å². The van der Waals surface area contributed by atoms with Crippen LogP contribution < -0.4 is 4.74 Å². The molecule has 0 aliphatic carbocycles. The first kappa shape index (κ1) is 14.0. The van der Waals surface area contributed by atoms with Crippen LogP contribution in [0.15, 0.2) is 24.3 Å². The zero-order valence-corrected chi connectivity index (χ0v) is 10.3. The van der Waals surface area contributed by atoms with Crippen LogP contribution >= 0.6 is 0 Å². The van der Waals surface area contributed by atoms with E-state index in [-0.39, 0.29) is 0 Å². The molecule has 1 unspecified atom stereocenters. The third-order valence-electron chi connectivity index (χ3n) is 3.03. The maximum Gasteiger partial charge on any atom is 0.341 e. The summed E-state index contributed by atoms with van der Waals surface area (Å²) in [6, 6.07) is 6.45. The Hall–Kier alpha value is -2.04. The topological polar surface area (TPSA) is 83.8 Å². The average Bonchev–Trinajstić information content (AvgIpc) is 2.35. The molecule has 2 N–H and O–H groups in total. The van der Waals surface area contributed by atoms with Gasteiger partial charge >= 0.3 is 11.9 Å². The minimum atomic E-state index is -1.05. The van der Waals surface area contributed by atoms with Crippen molar-refractivity contribution in [3.63, 3.8) is 0 Å². The molecule has 1 aromatic carbocycles. The minimum absolute atomic E-state index is 0.407. The summed E-state index contributed by atoms with van der Waals surface area (Å²) in [4.78, 5) is 21.6. The van der Waals surface area contributed by atoms with Gasteiger partial charge in [0.25, 0.3) is 0 Å². The van der Waals surface area contributed by atoms with Gasteiger partial charge in [0.05, 0.1) is 5.41 Å². The molecule has 0 heterocycles. The number of rotatable bonds is 6. The summed E-state index contributed by atoms with van der Waals surface area (Å²) < 4.78 is 4.98. The van der Waals surface area contributed by atoms with Gasteiger partial charge in [0.15, 0.2) is 6.61 Å². The molecule has 1 aromatic rings. The third kappa shape index (κ3) is 3.00. The lowest BCUT2D eigenvalue weighted by Crippen LogP contribution is -2.31. The molecule has 0 amide bonds. The molecule has 0 saturated heterocycles. The summed E-state index contributed by atoms with van der Waals surface area (Å²) in [5, 5.41) is 17.7. The molecule has 0 spiro atoms. The number of ether oxygens (including phenoxy) is 1. The molecule has 0 saturated carbocycles. The standard InChI is InChI=1S/C13H16O5/c1-3-13(2,12(16)17)9-4-6-10(7-5-9)18-8-11(14)15/h4-7H,3,8H2,1-2H3,(H,14,15)(H,16,17). The molecule has 0 radical (unpaired) electrons. The van der Waals surface area contributed by atoms with Crippen molar-refractivity contribution in [2.24, 2.45) is 0 Å². The van der Waals surface area contributed by atoms with E-state index in [2.05, 4.69) is 0 Å². The van der Waals surface area contributed by atoms with Crippen LogP contribution in [0.3, 0.4) is 0 Å². The average molecular weight is 252 g/mol. The van der Waals surface area contributed by atoms with Crippen molar-refractivity contribution in [2.75, 3.05) is 6.61 Å². The highest BCUT2D eigenvalue weighted by atomic mass is 16.5. The van der Waals surface area contributed by atoms with Gasteiger partial charge < -0.3 is 14.9 Å². The van der Waals surface area contributed by atoms with E-state index < -0.39 is 24.0 Å². The first-order valence-electron chi connectivity index (χ1n) is 5.58. The number of carboxylic acid groups (broad SMARTS) is 2. The monoisotopic (exact) mass is 252 g/mol. The molecular weight excluding hydrogens is 236 g/mol. The number of carbonyl (C=O) groups is 2. The Morgan fingerprint density at radius 1 is 1.22 bits per heavy atom. The predicted octanol–water partition coefficient (Wildman–Crippen LogP) is 1.90. The van der Waals surface area contributed by atoms with Gasteiger partial charge in [-0.1, -0.05) is 19.1 Å². The van der Waals surface area contributed by atoms with E-state index >= 15 is 0 Å². The molecule has 1 rings (SSSR count). The molecule has 98 valence electrons. The Labute approximate surface area is 105 Å². The van der Waals surface area contributed by atoms with Crippen molar-refractivity contribution in [3.05, 3.63) is 29.8 Å². The smallest absolute Gasteiger partial charge is 0.341 e. The van der Waals surface area contributed by atoms with Crippen molar-refractivity contribution in [2.45, 2.75) is 25.7 Å². The van der Waals surface area contributed by atoms with E-state index in [0.29, 0.717) is 17.7 Å². The van der Waals surface area contributed by atoms with Crippen LogP contribution in [0.2, 0.25) is 0 Å². The Balaban J connectivity index is 2.88. The van der Waals surface area contributed by atoms with E-state index in [0.717, 1.165) is 0 Å². The van der Waals surface area contributed by atoms with Crippen LogP contribution in [0.1, 0.15) is 25.8 Å². The fraction of sp³-hybridized carbons (Fsp3) is 0.385. The molecule has 1 atom stereocenters.